The average molecular weight is 752 g/mol. The lowest BCUT2D eigenvalue weighted by atomic mass is 9.99. The third kappa shape index (κ3) is 7.90. The SMILES string of the molecule is CCN(CC)S(=O)(=O)c1ccc(Oc2cc(C)ccc2C(C)C)c(NC(=O)c2c3c(nc4ccccc24)/C(=C/c2cccc(Oc4ccccc4)c2)CC3)c1. The minimum absolute atomic E-state index is 0.0701. The molecule has 0 radical (unpaired) electrons. The highest BCUT2D eigenvalue weighted by molar-refractivity contribution is 7.89. The molecule has 0 atom stereocenters. The summed E-state index contributed by atoms with van der Waals surface area (Å²) in [7, 11) is -3.84. The molecule has 1 N–H and O–H groups in total. The van der Waals surface area contributed by atoms with E-state index < -0.39 is 10.0 Å². The van der Waals surface area contributed by atoms with Crippen molar-refractivity contribution in [2.75, 3.05) is 18.4 Å². The first-order valence-electron chi connectivity index (χ1n) is 18.7. The van der Waals surface area contributed by atoms with Gasteiger partial charge in [-0.05, 0) is 114 Å². The molecule has 0 unspecified atom stereocenters. The van der Waals surface area contributed by atoms with Crippen LogP contribution in [0.4, 0.5) is 5.69 Å². The van der Waals surface area contributed by atoms with Gasteiger partial charge in [-0.1, -0.05) is 88.4 Å². The molecule has 280 valence electrons. The zero-order valence-electron chi connectivity index (χ0n) is 31.8. The highest BCUT2D eigenvalue weighted by atomic mass is 32.2. The Hall–Kier alpha value is -5.77. The molecular weight excluding hydrogens is 707 g/mol. The van der Waals surface area contributed by atoms with Crippen LogP contribution in [0.1, 0.15) is 78.3 Å². The summed E-state index contributed by atoms with van der Waals surface area (Å²) in [6.45, 7) is 10.4. The Bertz CT molecular complexity index is 2530. The van der Waals surface area contributed by atoms with E-state index in [4.69, 9.17) is 14.5 Å². The van der Waals surface area contributed by atoms with Gasteiger partial charge in [0.25, 0.3) is 5.91 Å². The maximum absolute atomic E-state index is 14.7. The molecule has 7 rings (SSSR count). The van der Waals surface area contributed by atoms with Gasteiger partial charge in [0.05, 0.1) is 27.4 Å². The highest BCUT2D eigenvalue weighted by Gasteiger charge is 2.29. The molecule has 55 heavy (non-hydrogen) atoms. The number of hydrogen-bond acceptors (Lipinski definition) is 6. The van der Waals surface area contributed by atoms with E-state index in [2.05, 4.69) is 25.2 Å². The summed E-state index contributed by atoms with van der Waals surface area (Å²) in [5, 5.41) is 3.82. The number of aryl methyl sites for hydroxylation is 1. The van der Waals surface area contributed by atoms with Gasteiger partial charge in [0, 0.05) is 18.5 Å². The van der Waals surface area contributed by atoms with Gasteiger partial charge in [-0.25, -0.2) is 13.4 Å². The summed E-state index contributed by atoms with van der Waals surface area (Å²) < 4.78 is 41.5. The average Bonchev–Trinajstić information content (AvgIpc) is 3.56. The normalized spacial score (nSPS) is 13.4. The van der Waals surface area contributed by atoms with Gasteiger partial charge in [-0.3, -0.25) is 4.79 Å². The Kier molecular flexibility index (Phi) is 10.9. The van der Waals surface area contributed by atoms with Gasteiger partial charge in [-0.2, -0.15) is 4.31 Å². The van der Waals surface area contributed by atoms with Crippen molar-refractivity contribution in [2.45, 2.75) is 58.3 Å². The number of carbonyl (C=O) groups is 1. The first-order chi connectivity index (χ1) is 26.5. The fourth-order valence-corrected chi connectivity index (χ4v) is 8.60. The molecule has 0 fully saturated rings. The van der Waals surface area contributed by atoms with Crippen LogP contribution in [-0.4, -0.2) is 36.7 Å². The second-order valence-electron chi connectivity index (χ2n) is 14.0. The van der Waals surface area contributed by atoms with Crippen molar-refractivity contribution in [3.8, 4) is 23.0 Å². The second kappa shape index (κ2) is 15.9. The Morgan fingerprint density at radius 2 is 1.56 bits per heavy atom. The first kappa shape index (κ1) is 37.5. The molecule has 0 saturated heterocycles. The lowest BCUT2D eigenvalue weighted by molar-refractivity contribution is 0.102. The Morgan fingerprint density at radius 1 is 0.818 bits per heavy atom. The number of sulfonamides is 1. The number of ether oxygens (including phenoxy) is 2. The molecule has 9 heteroatoms. The van der Waals surface area contributed by atoms with Crippen molar-refractivity contribution in [1.82, 2.24) is 9.29 Å². The number of rotatable bonds is 12. The standard InChI is InChI=1S/C46H45N3O5S/c1-6-49(7-2)55(51,52)36-22-25-42(54-43-26-31(5)20-23-37(43)30(3)4)41(29-36)48-46(50)44-38-18-11-12-19-40(38)47-45-33(21-24-39(44)45)27-32-14-13-17-35(28-32)53-34-15-9-8-10-16-34/h8-20,22-23,25-30H,6-7,21,24H2,1-5H3,(H,48,50)/b33-27+. The number of para-hydroxylation sites is 2. The third-order valence-corrected chi connectivity index (χ3v) is 11.9. The van der Waals surface area contributed by atoms with Gasteiger partial charge < -0.3 is 14.8 Å². The molecule has 1 aliphatic rings. The molecule has 1 aromatic heterocycles. The van der Waals surface area contributed by atoms with Gasteiger partial charge in [0.1, 0.15) is 17.2 Å². The van der Waals surface area contributed by atoms with Crippen LogP contribution >= 0.6 is 0 Å². The number of aromatic nitrogens is 1. The molecular formula is C46H45N3O5S. The van der Waals surface area contributed by atoms with Crippen LogP contribution in [0.5, 0.6) is 23.0 Å². The third-order valence-electron chi connectivity index (χ3n) is 9.90. The van der Waals surface area contributed by atoms with Gasteiger partial charge >= 0.3 is 0 Å². The predicted molar refractivity (Wildman–Crippen MR) is 221 cm³/mol. The number of nitrogens with one attached hydrogen (secondary N) is 1. The van der Waals surface area contributed by atoms with Crippen LogP contribution in [0.3, 0.4) is 0 Å². The largest absolute Gasteiger partial charge is 0.457 e. The Morgan fingerprint density at radius 3 is 2.33 bits per heavy atom. The smallest absolute Gasteiger partial charge is 0.256 e. The number of hydrogen-bond donors (Lipinski definition) is 1. The van der Waals surface area contributed by atoms with Crippen LogP contribution in [0, 0.1) is 6.92 Å². The van der Waals surface area contributed by atoms with E-state index in [9.17, 15) is 13.2 Å². The fourth-order valence-electron chi connectivity index (χ4n) is 7.11. The fraction of sp³-hybridized carbons (Fsp3) is 0.217. The van der Waals surface area contributed by atoms with Crippen LogP contribution < -0.4 is 14.8 Å². The summed E-state index contributed by atoms with van der Waals surface area (Å²) >= 11 is 0. The van der Waals surface area contributed by atoms with Crippen LogP contribution in [0.2, 0.25) is 0 Å². The molecule has 0 saturated carbocycles. The van der Waals surface area contributed by atoms with Crippen LogP contribution in [0.15, 0.2) is 120 Å². The number of amides is 1. The molecule has 8 nitrogen and oxygen atoms in total. The highest BCUT2D eigenvalue weighted by Crippen LogP contribution is 2.40. The predicted octanol–water partition coefficient (Wildman–Crippen LogP) is 11.0. The van der Waals surface area contributed by atoms with Crippen molar-refractivity contribution in [2.24, 2.45) is 0 Å². The quantitative estimate of drug-likeness (QED) is 0.134. The molecule has 0 aliphatic heterocycles. The number of benzene rings is 5. The van der Waals surface area contributed by atoms with E-state index in [0.717, 1.165) is 45.0 Å². The molecule has 0 spiro atoms. The van der Waals surface area contributed by atoms with E-state index in [1.807, 2.05) is 104 Å². The van der Waals surface area contributed by atoms with Crippen molar-refractivity contribution < 1.29 is 22.7 Å². The number of nitrogens with zero attached hydrogens (tertiary/aromatic N) is 2. The summed E-state index contributed by atoms with van der Waals surface area (Å²) in [6.07, 6.45) is 3.41. The monoisotopic (exact) mass is 751 g/mol. The molecule has 5 aromatic carbocycles. The Balaban J connectivity index is 1.30. The molecule has 1 heterocycles. The number of fused-ring (bicyclic) bond motifs is 2. The number of carbonyl (C=O) groups excluding carboxylic acids is 1. The lowest BCUT2D eigenvalue weighted by Crippen LogP contribution is -2.30. The summed E-state index contributed by atoms with van der Waals surface area (Å²) in [6, 6.07) is 35.9. The van der Waals surface area contributed by atoms with E-state index in [-0.39, 0.29) is 22.4 Å². The van der Waals surface area contributed by atoms with Crippen molar-refractivity contribution in [1.29, 1.82) is 0 Å². The van der Waals surface area contributed by atoms with Crippen LogP contribution in [-0.2, 0) is 16.4 Å². The van der Waals surface area contributed by atoms with Gasteiger partial charge in [0.2, 0.25) is 10.0 Å². The minimum Gasteiger partial charge on any atom is -0.457 e. The zero-order chi connectivity index (χ0) is 38.7. The van der Waals surface area contributed by atoms with Crippen molar-refractivity contribution in [3.05, 3.63) is 149 Å². The second-order valence-corrected chi connectivity index (χ2v) is 15.9. The Labute approximate surface area is 323 Å². The molecule has 6 aromatic rings. The van der Waals surface area contributed by atoms with E-state index in [1.54, 1.807) is 26.0 Å². The van der Waals surface area contributed by atoms with Gasteiger partial charge in [0.15, 0.2) is 5.75 Å². The maximum atomic E-state index is 14.7. The van der Waals surface area contributed by atoms with Crippen molar-refractivity contribution >= 4 is 44.2 Å². The summed E-state index contributed by atoms with van der Waals surface area (Å²) in [4.78, 5) is 19.9. The van der Waals surface area contributed by atoms with E-state index >= 15 is 0 Å². The number of anilines is 1. The number of pyridine rings is 1. The van der Waals surface area contributed by atoms with Crippen LogP contribution in [0.25, 0.3) is 22.6 Å². The van der Waals surface area contributed by atoms with Gasteiger partial charge in [-0.15, -0.1) is 0 Å². The van der Waals surface area contributed by atoms with Crippen molar-refractivity contribution in [3.63, 3.8) is 0 Å². The van der Waals surface area contributed by atoms with E-state index in [1.165, 1.54) is 10.4 Å². The molecule has 1 aliphatic carbocycles. The maximum Gasteiger partial charge on any atom is 0.256 e. The zero-order valence-corrected chi connectivity index (χ0v) is 32.6. The minimum atomic E-state index is -3.84. The number of allylic oxidation sites excluding steroid dienone is 1. The topological polar surface area (TPSA) is 97.8 Å². The summed E-state index contributed by atoms with van der Waals surface area (Å²) in [5.74, 6) is 2.26. The first-order valence-corrected chi connectivity index (χ1v) is 20.2. The lowest BCUT2D eigenvalue weighted by Gasteiger charge is -2.21. The summed E-state index contributed by atoms with van der Waals surface area (Å²) in [5.41, 5.74) is 7.06. The molecule has 0 bridgehead atoms. The van der Waals surface area contributed by atoms with E-state index in [0.29, 0.717) is 53.9 Å². The molecule has 1 amide bonds.